The molecule has 2 amide bonds. The molecule has 1 aromatic carbocycles. The normalized spacial score (nSPS) is 21.0. The van der Waals surface area contributed by atoms with Gasteiger partial charge in [-0.25, -0.2) is 0 Å². The van der Waals surface area contributed by atoms with Gasteiger partial charge in [-0.3, -0.25) is 14.5 Å². The van der Waals surface area contributed by atoms with Crippen molar-refractivity contribution in [2.75, 3.05) is 44.6 Å². The lowest BCUT2D eigenvalue weighted by atomic mass is 9.92. The fourth-order valence-electron chi connectivity index (χ4n) is 3.99. The first-order chi connectivity index (χ1) is 13.3. The summed E-state index contributed by atoms with van der Waals surface area (Å²) in [5.74, 6) is 0.217. The van der Waals surface area contributed by atoms with Crippen molar-refractivity contribution in [2.45, 2.75) is 46.1 Å². The van der Waals surface area contributed by atoms with Crippen LogP contribution in [0.15, 0.2) is 24.3 Å². The standard InChI is InChI=1S/C22H34N4O2/c1-22(2,3)15-20(27)24-18-6-4-17(5-7-18)14-21(28)26-11-8-19(16-26)25-12-9-23-10-13-25/h4-7,19,23H,8-16H2,1-3H3,(H,24,27). The van der Waals surface area contributed by atoms with Crippen molar-refractivity contribution in [3.63, 3.8) is 0 Å². The van der Waals surface area contributed by atoms with E-state index in [4.69, 9.17) is 0 Å². The van der Waals surface area contributed by atoms with Crippen molar-refractivity contribution < 1.29 is 9.59 Å². The molecule has 0 spiro atoms. The second-order valence-corrected chi connectivity index (χ2v) is 9.23. The second-order valence-electron chi connectivity index (χ2n) is 9.23. The quantitative estimate of drug-likeness (QED) is 0.814. The van der Waals surface area contributed by atoms with Gasteiger partial charge in [-0.1, -0.05) is 32.9 Å². The van der Waals surface area contributed by atoms with Gasteiger partial charge < -0.3 is 15.5 Å². The van der Waals surface area contributed by atoms with Gasteiger partial charge in [-0.15, -0.1) is 0 Å². The fourth-order valence-corrected chi connectivity index (χ4v) is 3.99. The van der Waals surface area contributed by atoms with Crippen LogP contribution < -0.4 is 10.6 Å². The molecule has 6 heteroatoms. The molecule has 2 N–H and O–H groups in total. The van der Waals surface area contributed by atoms with Gasteiger partial charge in [-0.2, -0.15) is 0 Å². The number of nitrogens with one attached hydrogen (secondary N) is 2. The Balaban J connectivity index is 1.47. The first kappa shape index (κ1) is 20.8. The maximum Gasteiger partial charge on any atom is 0.227 e. The Hall–Kier alpha value is -1.92. The highest BCUT2D eigenvalue weighted by atomic mass is 16.2. The van der Waals surface area contributed by atoms with E-state index in [-0.39, 0.29) is 17.2 Å². The SMILES string of the molecule is CC(C)(C)CC(=O)Nc1ccc(CC(=O)N2CCC(N3CCNCC3)C2)cc1. The van der Waals surface area contributed by atoms with Crippen molar-refractivity contribution >= 4 is 17.5 Å². The number of piperazine rings is 1. The molecular formula is C22H34N4O2. The Morgan fingerprint density at radius 1 is 1.11 bits per heavy atom. The van der Waals surface area contributed by atoms with Gasteiger partial charge in [0.25, 0.3) is 0 Å². The number of rotatable bonds is 5. The van der Waals surface area contributed by atoms with Crippen LogP contribution in [0, 0.1) is 5.41 Å². The van der Waals surface area contributed by atoms with Crippen LogP contribution in [-0.4, -0.2) is 66.9 Å². The Kier molecular flexibility index (Phi) is 6.73. The predicted molar refractivity (Wildman–Crippen MR) is 112 cm³/mol. The molecule has 0 aromatic heterocycles. The molecule has 0 bridgehead atoms. The number of anilines is 1. The van der Waals surface area contributed by atoms with Gasteiger partial charge in [0.2, 0.25) is 11.8 Å². The van der Waals surface area contributed by atoms with Crippen molar-refractivity contribution in [3.8, 4) is 0 Å². The molecule has 2 heterocycles. The summed E-state index contributed by atoms with van der Waals surface area (Å²) in [6.07, 6.45) is 1.98. The minimum atomic E-state index is -0.0330. The predicted octanol–water partition coefficient (Wildman–Crippen LogP) is 2.11. The van der Waals surface area contributed by atoms with E-state index in [2.05, 4.69) is 15.5 Å². The van der Waals surface area contributed by atoms with E-state index < -0.39 is 0 Å². The summed E-state index contributed by atoms with van der Waals surface area (Å²) in [7, 11) is 0. The lowest BCUT2D eigenvalue weighted by molar-refractivity contribution is -0.129. The maximum absolute atomic E-state index is 12.7. The van der Waals surface area contributed by atoms with Gasteiger partial charge >= 0.3 is 0 Å². The number of benzene rings is 1. The zero-order chi connectivity index (χ0) is 20.1. The second kappa shape index (κ2) is 9.05. The molecule has 1 aromatic rings. The molecule has 154 valence electrons. The van der Waals surface area contributed by atoms with Crippen LogP contribution in [-0.2, 0) is 16.0 Å². The largest absolute Gasteiger partial charge is 0.341 e. The van der Waals surface area contributed by atoms with Crippen LogP contribution in [0.3, 0.4) is 0 Å². The summed E-state index contributed by atoms with van der Waals surface area (Å²) < 4.78 is 0. The fraction of sp³-hybridized carbons (Fsp3) is 0.636. The molecule has 28 heavy (non-hydrogen) atoms. The van der Waals surface area contributed by atoms with Crippen molar-refractivity contribution in [2.24, 2.45) is 5.41 Å². The molecule has 2 fully saturated rings. The van der Waals surface area contributed by atoms with Crippen molar-refractivity contribution in [1.82, 2.24) is 15.1 Å². The van der Waals surface area contributed by atoms with Gasteiger partial charge in [0.05, 0.1) is 6.42 Å². The van der Waals surface area contributed by atoms with E-state index in [0.717, 1.165) is 56.9 Å². The summed E-state index contributed by atoms with van der Waals surface area (Å²) in [6, 6.07) is 8.16. The number of hydrogen-bond acceptors (Lipinski definition) is 4. The topological polar surface area (TPSA) is 64.7 Å². The van der Waals surface area contributed by atoms with Gasteiger partial charge in [0.1, 0.15) is 0 Å². The molecule has 0 radical (unpaired) electrons. The molecule has 1 atom stereocenters. The van der Waals surface area contributed by atoms with E-state index in [1.165, 1.54) is 0 Å². The highest BCUT2D eigenvalue weighted by Crippen LogP contribution is 2.21. The van der Waals surface area contributed by atoms with Crippen LogP contribution in [0.2, 0.25) is 0 Å². The molecule has 2 aliphatic heterocycles. The average molecular weight is 387 g/mol. The van der Waals surface area contributed by atoms with Crippen LogP contribution in [0.5, 0.6) is 0 Å². The van der Waals surface area contributed by atoms with E-state index in [1.807, 2.05) is 49.9 Å². The van der Waals surface area contributed by atoms with Gasteiger partial charge in [0.15, 0.2) is 0 Å². The number of hydrogen-bond donors (Lipinski definition) is 2. The lowest BCUT2D eigenvalue weighted by Gasteiger charge is -2.32. The summed E-state index contributed by atoms with van der Waals surface area (Å²) >= 11 is 0. The van der Waals surface area contributed by atoms with Gasteiger partial charge in [-0.05, 0) is 29.5 Å². The average Bonchev–Trinajstić information content (AvgIpc) is 3.13. The Bertz CT molecular complexity index is 675. The summed E-state index contributed by atoms with van der Waals surface area (Å²) in [5.41, 5.74) is 1.74. The van der Waals surface area contributed by atoms with E-state index in [1.54, 1.807) is 0 Å². The first-order valence-electron chi connectivity index (χ1n) is 10.4. The molecule has 2 saturated heterocycles. The Morgan fingerprint density at radius 2 is 1.79 bits per heavy atom. The summed E-state index contributed by atoms with van der Waals surface area (Å²) in [4.78, 5) is 29.3. The zero-order valence-electron chi connectivity index (χ0n) is 17.5. The lowest BCUT2D eigenvalue weighted by Crippen LogP contribution is -2.49. The molecule has 3 rings (SSSR count). The number of likely N-dealkylation sites (tertiary alicyclic amines) is 1. The number of carbonyl (C=O) groups excluding carboxylic acids is 2. The third kappa shape index (κ3) is 6.04. The zero-order valence-corrected chi connectivity index (χ0v) is 17.5. The maximum atomic E-state index is 12.7. The minimum absolute atomic E-state index is 0.0207. The molecule has 0 aliphatic carbocycles. The highest BCUT2D eigenvalue weighted by molar-refractivity contribution is 5.91. The third-order valence-corrected chi connectivity index (χ3v) is 5.47. The Morgan fingerprint density at radius 3 is 2.43 bits per heavy atom. The summed E-state index contributed by atoms with van der Waals surface area (Å²) in [5, 5.41) is 6.31. The number of amides is 2. The highest BCUT2D eigenvalue weighted by Gasteiger charge is 2.30. The van der Waals surface area contributed by atoms with E-state index >= 15 is 0 Å². The third-order valence-electron chi connectivity index (χ3n) is 5.47. The van der Waals surface area contributed by atoms with Crippen LogP contribution >= 0.6 is 0 Å². The molecule has 1 unspecified atom stereocenters. The van der Waals surface area contributed by atoms with E-state index in [9.17, 15) is 9.59 Å². The van der Waals surface area contributed by atoms with Crippen LogP contribution in [0.4, 0.5) is 5.69 Å². The molecule has 6 nitrogen and oxygen atoms in total. The number of nitrogens with zero attached hydrogens (tertiary/aromatic N) is 2. The van der Waals surface area contributed by atoms with Crippen LogP contribution in [0.25, 0.3) is 0 Å². The monoisotopic (exact) mass is 386 g/mol. The van der Waals surface area contributed by atoms with Gasteiger partial charge in [0, 0.05) is 57.4 Å². The molecule has 2 aliphatic rings. The van der Waals surface area contributed by atoms with Crippen LogP contribution in [0.1, 0.15) is 39.2 Å². The van der Waals surface area contributed by atoms with Crippen molar-refractivity contribution in [3.05, 3.63) is 29.8 Å². The van der Waals surface area contributed by atoms with E-state index in [0.29, 0.717) is 18.9 Å². The molecule has 0 saturated carbocycles. The minimum Gasteiger partial charge on any atom is -0.341 e. The summed E-state index contributed by atoms with van der Waals surface area (Å²) in [6.45, 7) is 12.1. The molecular weight excluding hydrogens is 352 g/mol. The first-order valence-corrected chi connectivity index (χ1v) is 10.4. The Labute approximate surface area is 168 Å². The smallest absolute Gasteiger partial charge is 0.227 e. The van der Waals surface area contributed by atoms with Crippen molar-refractivity contribution in [1.29, 1.82) is 0 Å². The number of carbonyl (C=O) groups is 2.